The second kappa shape index (κ2) is 2.60. The molecule has 2 aliphatic carbocycles. The minimum atomic E-state index is -0.441. The maximum Gasteiger partial charge on any atom is 0.111 e. The molecule has 3 heteroatoms. The standard InChI is InChI=1S/C11H16N2O/c1-13-5-4-12-10(13)7-11(14)3-2-8-6-9(8)11/h4-5,8-9,14H,2-3,6-7H2,1H3. The van der Waals surface area contributed by atoms with Crippen molar-refractivity contribution in [2.45, 2.75) is 31.3 Å². The Morgan fingerprint density at radius 1 is 1.71 bits per heavy atom. The third-order valence-electron chi connectivity index (χ3n) is 3.95. The summed E-state index contributed by atoms with van der Waals surface area (Å²) in [5, 5.41) is 10.4. The van der Waals surface area contributed by atoms with E-state index in [2.05, 4.69) is 4.98 Å². The maximum atomic E-state index is 10.4. The van der Waals surface area contributed by atoms with E-state index in [1.54, 1.807) is 6.20 Å². The van der Waals surface area contributed by atoms with Gasteiger partial charge in [-0.1, -0.05) is 0 Å². The number of aryl methyl sites for hydroxylation is 1. The molecule has 76 valence electrons. The second-order valence-electron chi connectivity index (χ2n) is 4.88. The molecule has 3 atom stereocenters. The monoisotopic (exact) mass is 192 g/mol. The Labute approximate surface area is 83.8 Å². The first-order chi connectivity index (χ1) is 6.69. The SMILES string of the molecule is Cn1ccnc1CC1(O)CCC2CC21. The largest absolute Gasteiger partial charge is 0.389 e. The topological polar surface area (TPSA) is 38.0 Å². The molecular weight excluding hydrogens is 176 g/mol. The summed E-state index contributed by atoms with van der Waals surface area (Å²) in [6.45, 7) is 0. The van der Waals surface area contributed by atoms with Crippen LogP contribution in [-0.4, -0.2) is 20.3 Å². The number of aliphatic hydroxyl groups is 1. The van der Waals surface area contributed by atoms with Crippen molar-refractivity contribution in [3.8, 4) is 0 Å². The lowest BCUT2D eigenvalue weighted by atomic mass is 9.93. The van der Waals surface area contributed by atoms with E-state index in [0.29, 0.717) is 5.92 Å². The van der Waals surface area contributed by atoms with Gasteiger partial charge in [-0.05, 0) is 31.1 Å². The third kappa shape index (κ3) is 1.12. The molecule has 3 unspecified atom stereocenters. The van der Waals surface area contributed by atoms with Crippen LogP contribution < -0.4 is 0 Å². The van der Waals surface area contributed by atoms with Gasteiger partial charge >= 0.3 is 0 Å². The van der Waals surface area contributed by atoms with Crippen molar-refractivity contribution in [1.29, 1.82) is 0 Å². The quantitative estimate of drug-likeness (QED) is 0.762. The molecule has 2 aliphatic rings. The van der Waals surface area contributed by atoms with Crippen LogP contribution in [0.15, 0.2) is 12.4 Å². The van der Waals surface area contributed by atoms with Crippen LogP contribution >= 0.6 is 0 Å². The van der Waals surface area contributed by atoms with E-state index in [9.17, 15) is 5.11 Å². The summed E-state index contributed by atoms with van der Waals surface area (Å²) in [7, 11) is 1.99. The summed E-state index contributed by atoms with van der Waals surface area (Å²) in [6.07, 6.45) is 7.90. The Bertz CT molecular complexity index is 360. The van der Waals surface area contributed by atoms with Crippen molar-refractivity contribution >= 4 is 0 Å². The highest BCUT2D eigenvalue weighted by molar-refractivity contribution is 5.11. The normalized spacial score (nSPS) is 39.9. The van der Waals surface area contributed by atoms with Gasteiger partial charge in [0.25, 0.3) is 0 Å². The third-order valence-corrected chi connectivity index (χ3v) is 3.95. The fourth-order valence-corrected chi connectivity index (χ4v) is 2.91. The van der Waals surface area contributed by atoms with Crippen LogP contribution in [0.5, 0.6) is 0 Å². The smallest absolute Gasteiger partial charge is 0.111 e. The highest BCUT2D eigenvalue weighted by Crippen LogP contribution is 2.58. The summed E-state index contributed by atoms with van der Waals surface area (Å²) in [5.41, 5.74) is -0.441. The molecule has 14 heavy (non-hydrogen) atoms. The zero-order chi connectivity index (χ0) is 9.76. The predicted octanol–water partition coefficient (Wildman–Crippen LogP) is 1.12. The van der Waals surface area contributed by atoms with Crippen LogP contribution in [0.2, 0.25) is 0 Å². The Balaban J connectivity index is 1.81. The maximum absolute atomic E-state index is 10.4. The highest BCUT2D eigenvalue weighted by Gasteiger charge is 2.57. The van der Waals surface area contributed by atoms with Crippen molar-refractivity contribution in [2.75, 3.05) is 0 Å². The predicted molar refractivity (Wildman–Crippen MR) is 52.7 cm³/mol. The van der Waals surface area contributed by atoms with E-state index in [1.165, 1.54) is 12.8 Å². The minimum absolute atomic E-state index is 0.441. The van der Waals surface area contributed by atoms with Crippen molar-refractivity contribution in [1.82, 2.24) is 9.55 Å². The molecule has 3 nitrogen and oxygen atoms in total. The lowest BCUT2D eigenvalue weighted by molar-refractivity contribution is 0.0228. The van der Waals surface area contributed by atoms with E-state index in [4.69, 9.17) is 0 Å². The van der Waals surface area contributed by atoms with Gasteiger partial charge in [-0.15, -0.1) is 0 Å². The highest BCUT2D eigenvalue weighted by atomic mass is 16.3. The molecular formula is C11H16N2O. The molecule has 1 heterocycles. The van der Waals surface area contributed by atoms with E-state index >= 15 is 0 Å². The molecule has 2 fully saturated rings. The molecule has 1 N–H and O–H groups in total. The first-order valence-electron chi connectivity index (χ1n) is 5.38. The Morgan fingerprint density at radius 3 is 3.07 bits per heavy atom. The van der Waals surface area contributed by atoms with Gasteiger partial charge in [0.05, 0.1) is 5.60 Å². The van der Waals surface area contributed by atoms with Gasteiger partial charge in [-0.3, -0.25) is 0 Å². The molecule has 0 bridgehead atoms. The van der Waals surface area contributed by atoms with Crippen LogP contribution in [0.3, 0.4) is 0 Å². The summed E-state index contributed by atoms with van der Waals surface area (Å²) >= 11 is 0. The van der Waals surface area contributed by atoms with E-state index in [1.807, 2.05) is 17.8 Å². The summed E-state index contributed by atoms with van der Waals surface area (Å²) in [4.78, 5) is 4.28. The Hall–Kier alpha value is -0.830. The average molecular weight is 192 g/mol. The first kappa shape index (κ1) is 8.48. The van der Waals surface area contributed by atoms with Crippen molar-refractivity contribution in [3.63, 3.8) is 0 Å². The number of fused-ring (bicyclic) bond motifs is 1. The van der Waals surface area contributed by atoms with Crippen LogP contribution in [0.1, 0.15) is 25.1 Å². The van der Waals surface area contributed by atoms with E-state index in [0.717, 1.165) is 24.6 Å². The molecule has 0 amide bonds. The Morgan fingerprint density at radius 2 is 2.57 bits per heavy atom. The zero-order valence-corrected chi connectivity index (χ0v) is 8.48. The van der Waals surface area contributed by atoms with E-state index < -0.39 is 5.60 Å². The molecule has 0 aromatic carbocycles. The zero-order valence-electron chi connectivity index (χ0n) is 8.48. The Kier molecular flexibility index (Phi) is 1.57. The number of rotatable bonds is 2. The fraction of sp³-hybridized carbons (Fsp3) is 0.727. The van der Waals surface area contributed by atoms with Gasteiger partial charge in [0.15, 0.2) is 0 Å². The lowest BCUT2D eigenvalue weighted by Gasteiger charge is -2.24. The lowest BCUT2D eigenvalue weighted by Crippen LogP contribution is -2.32. The molecule has 0 radical (unpaired) electrons. The molecule has 0 saturated heterocycles. The van der Waals surface area contributed by atoms with Gasteiger partial charge in [0.1, 0.15) is 5.82 Å². The van der Waals surface area contributed by atoms with Gasteiger partial charge in [0.2, 0.25) is 0 Å². The van der Waals surface area contributed by atoms with Crippen LogP contribution in [-0.2, 0) is 13.5 Å². The summed E-state index contributed by atoms with van der Waals surface area (Å²) in [6, 6.07) is 0. The molecule has 1 aromatic rings. The number of imidazole rings is 1. The van der Waals surface area contributed by atoms with Crippen LogP contribution in [0.4, 0.5) is 0 Å². The molecule has 0 aliphatic heterocycles. The summed E-state index contributed by atoms with van der Waals surface area (Å²) < 4.78 is 2.01. The number of hydrogen-bond donors (Lipinski definition) is 1. The van der Waals surface area contributed by atoms with Gasteiger partial charge in [0, 0.05) is 25.9 Å². The number of hydrogen-bond acceptors (Lipinski definition) is 2. The molecule has 1 aromatic heterocycles. The van der Waals surface area contributed by atoms with Gasteiger partial charge < -0.3 is 9.67 Å². The van der Waals surface area contributed by atoms with Crippen molar-refractivity contribution in [2.24, 2.45) is 18.9 Å². The fourth-order valence-electron chi connectivity index (χ4n) is 2.91. The second-order valence-corrected chi connectivity index (χ2v) is 4.88. The molecule has 0 spiro atoms. The summed E-state index contributed by atoms with van der Waals surface area (Å²) in [5.74, 6) is 2.40. The van der Waals surface area contributed by atoms with Crippen molar-refractivity contribution < 1.29 is 5.11 Å². The minimum Gasteiger partial charge on any atom is -0.389 e. The van der Waals surface area contributed by atoms with Gasteiger partial charge in [-0.2, -0.15) is 0 Å². The van der Waals surface area contributed by atoms with E-state index in [-0.39, 0.29) is 0 Å². The molecule has 2 saturated carbocycles. The first-order valence-corrected chi connectivity index (χ1v) is 5.38. The van der Waals surface area contributed by atoms with Crippen molar-refractivity contribution in [3.05, 3.63) is 18.2 Å². The number of nitrogens with zero attached hydrogens (tertiary/aromatic N) is 2. The van der Waals surface area contributed by atoms with Gasteiger partial charge in [-0.25, -0.2) is 4.98 Å². The molecule has 3 rings (SSSR count). The van der Waals surface area contributed by atoms with Crippen LogP contribution in [0.25, 0.3) is 0 Å². The van der Waals surface area contributed by atoms with Crippen LogP contribution in [0, 0.1) is 11.8 Å². The number of aromatic nitrogens is 2. The average Bonchev–Trinajstić information content (AvgIpc) is 2.76.